The first kappa shape index (κ1) is 32.4. The van der Waals surface area contributed by atoms with Crippen molar-refractivity contribution >= 4 is 55.9 Å². The van der Waals surface area contributed by atoms with Crippen molar-refractivity contribution in [2.75, 3.05) is 13.2 Å². The second kappa shape index (κ2) is 18.7. The molecule has 2 N–H and O–H groups in total. The van der Waals surface area contributed by atoms with E-state index in [-0.39, 0.29) is 18.6 Å². The van der Waals surface area contributed by atoms with E-state index < -0.39 is 5.78 Å². The van der Waals surface area contributed by atoms with Gasteiger partial charge in [0.15, 0.2) is 18.6 Å². The fraction of sp³-hybridized carbons (Fsp3) is 0.333. The zero-order valence-corrected chi connectivity index (χ0v) is 23.3. The Balaban J connectivity index is 0.000000567. The summed E-state index contributed by atoms with van der Waals surface area (Å²) in [4.78, 5) is 34.0. The number of aldehydes is 1. The van der Waals surface area contributed by atoms with Gasteiger partial charge in [0.25, 0.3) is 0 Å². The molecule has 9 nitrogen and oxygen atoms in total. The number of para-hydroxylation sites is 2. The van der Waals surface area contributed by atoms with Crippen LogP contribution in [-0.2, 0) is 32.4 Å². The summed E-state index contributed by atoms with van der Waals surface area (Å²) >= 11 is 6.76. The van der Waals surface area contributed by atoms with Crippen LogP contribution < -0.4 is 15.4 Å². The first-order valence-electron chi connectivity index (χ1n) is 10.5. The van der Waals surface area contributed by atoms with Gasteiger partial charge in [0.05, 0.1) is 34.3 Å². The molecule has 35 heavy (non-hydrogen) atoms. The molecule has 0 radical (unpaired) electrons. The summed E-state index contributed by atoms with van der Waals surface area (Å²) in [6.45, 7) is 7.96. The van der Waals surface area contributed by atoms with Crippen molar-refractivity contribution in [3.63, 3.8) is 0 Å². The van der Waals surface area contributed by atoms with E-state index in [4.69, 9.17) is 20.2 Å². The lowest BCUT2D eigenvalue weighted by Gasteiger charge is -2.11. The molecule has 0 unspecified atom stereocenters. The normalized spacial score (nSPS) is 10.2. The molecule has 0 aliphatic rings. The third kappa shape index (κ3) is 13.8. The van der Waals surface area contributed by atoms with Crippen molar-refractivity contribution in [1.82, 2.24) is 0 Å². The number of rotatable bonds is 10. The number of carbonyl (C=O) groups is 3. The third-order valence-electron chi connectivity index (χ3n) is 3.73. The number of benzene rings is 2. The summed E-state index contributed by atoms with van der Waals surface area (Å²) < 4.78 is 13.2. The SMILES string of the molecule is CC(=O)C=O.CCOc1c(Br)cccc1C/[N+]([O-])=C/C(C)=O.CCOc1c(Br)cccc1CON. The molecule has 0 saturated carbocycles. The molecule has 0 saturated heterocycles. The van der Waals surface area contributed by atoms with Crippen LogP contribution in [0.25, 0.3) is 0 Å². The van der Waals surface area contributed by atoms with Gasteiger partial charge in [0, 0.05) is 19.4 Å². The molecule has 0 heterocycles. The monoisotopic (exact) mass is 616 g/mol. The second-order valence-corrected chi connectivity index (χ2v) is 8.39. The van der Waals surface area contributed by atoms with Gasteiger partial charge in [-0.2, -0.15) is 0 Å². The largest absolute Gasteiger partial charge is 0.623 e. The number of ether oxygens (including phenoxy) is 2. The molecule has 192 valence electrons. The van der Waals surface area contributed by atoms with Crippen LogP contribution >= 0.6 is 31.9 Å². The highest BCUT2D eigenvalue weighted by Gasteiger charge is 2.11. The van der Waals surface area contributed by atoms with Gasteiger partial charge in [-0.1, -0.05) is 18.2 Å². The van der Waals surface area contributed by atoms with Crippen molar-refractivity contribution in [3.8, 4) is 11.5 Å². The molecule has 2 aromatic carbocycles. The first-order chi connectivity index (χ1) is 16.6. The van der Waals surface area contributed by atoms with Crippen LogP contribution in [0.5, 0.6) is 11.5 Å². The van der Waals surface area contributed by atoms with Crippen LogP contribution in [0, 0.1) is 5.21 Å². The summed E-state index contributed by atoms with van der Waals surface area (Å²) in [5.41, 5.74) is 1.69. The maximum atomic E-state index is 11.5. The fourth-order valence-corrected chi connectivity index (χ4v) is 3.51. The minimum Gasteiger partial charge on any atom is -0.623 e. The Labute approximate surface area is 222 Å². The Kier molecular flexibility index (Phi) is 17.3. The number of hydroxylamine groups is 1. The third-order valence-corrected chi connectivity index (χ3v) is 4.98. The van der Waals surface area contributed by atoms with Gasteiger partial charge in [-0.3, -0.25) is 19.2 Å². The second-order valence-electron chi connectivity index (χ2n) is 6.68. The highest BCUT2D eigenvalue weighted by atomic mass is 79.9. The van der Waals surface area contributed by atoms with Gasteiger partial charge in [-0.15, -0.1) is 0 Å². The van der Waals surface area contributed by atoms with Crippen LogP contribution in [0.3, 0.4) is 0 Å². The summed E-state index contributed by atoms with van der Waals surface area (Å²) in [5.74, 6) is 5.76. The average Bonchev–Trinajstić information content (AvgIpc) is 2.79. The summed E-state index contributed by atoms with van der Waals surface area (Å²) in [6.07, 6.45) is 1.30. The number of hydrogen-bond donors (Lipinski definition) is 1. The van der Waals surface area contributed by atoms with Gasteiger partial charge in [0.2, 0.25) is 12.0 Å². The summed E-state index contributed by atoms with van der Waals surface area (Å²) in [7, 11) is 0. The van der Waals surface area contributed by atoms with Crippen LogP contribution in [0.15, 0.2) is 45.3 Å². The molecule has 2 aromatic rings. The van der Waals surface area contributed by atoms with Crippen molar-refractivity contribution in [2.24, 2.45) is 5.90 Å². The smallest absolute Gasteiger partial charge is 0.217 e. The summed E-state index contributed by atoms with van der Waals surface area (Å²) in [6, 6.07) is 11.2. The van der Waals surface area contributed by atoms with Gasteiger partial charge in [-0.05, 0) is 63.9 Å². The van der Waals surface area contributed by atoms with Gasteiger partial charge in [-0.25, -0.2) is 10.6 Å². The molecule has 0 bridgehead atoms. The van der Waals surface area contributed by atoms with E-state index in [0.29, 0.717) is 30.3 Å². The average molecular weight is 618 g/mol. The lowest BCUT2D eigenvalue weighted by molar-refractivity contribution is -0.469. The molecule has 11 heteroatoms. The number of nitrogens with two attached hydrogens (primary N) is 1. The first-order valence-corrected chi connectivity index (χ1v) is 12.1. The molecule has 0 aliphatic carbocycles. The quantitative estimate of drug-likeness (QED) is 0.103. The Hall–Kier alpha value is -2.60. The Morgan fingerprint density at radius 3 is 1.80 bits per heavy atom. The van der Waals surface area contributed by atoms with E-state index in [9.17, 15) is 14.8 Å². The van der Waals surface area contributed by atoms with Crippen molar-refractivity contribution < 1.29 is 33.4 Å². The predicted molar refractivity (Wildman–Crippen MR) is 140 cm³/mol. The lowest BCUT2D eigenvalue weighted by Crippen LogP contribution is -2.11. The van der Waals surface area contributed by atoms with Crippen molar-refractivity contribution in [3.05, 3.63) is 61.7 Å². The van der Waals surface area contributed by atoms with E-state index >= 15 is 0 Å². The Morgan fingerprint density at radius 1 is 0.943 bits per heavy atom. The van der Waals surface area contributed by atoms with Gasteiger partial charge in [0.1, 0.15) is 11.5 Å². The van der Waals surface area contributed by atoms with Gasteiger partial charge >= 0.3 is 0 Å². The molecule has 0 spiro atoms. The summed E-state index contributed by atoms with van der Waals surface area (Å²) in [5, 5.41) is 11.5. The highest BCUT2D eigenvalue weighted by Crippen LogP contribution is 2.30. The van der Waals surface area contributed by atoms with E-state index in [2.05, 4.69) is 36.7 Å². The zero-order valence-electron chi connectivity index (χ0n) is 20.1. The molecule has 2 rings (SSSR count). The van der Waals surface area contributed by atoms with Crippen LogP contribution in [0.4, 0.5) is 0 Å². The topological polar surface area (TPSA) is 131 Å². The van der Waals surface area contributed by atoms with Gasteiger partial charge < -0.3 is 14.7 Å². The maximum Gasteiger partial charge on any atom is 0.217 e. The minimum atomic E-state index is -0.426. The highest BCUT2D eigenvalue weighted by molar-refractivity contribution is 9.10. The maximum absolute atomic E-state index is 11.5. The predicted octanol–water partition coefficient (Wildman–Crippen LogP) is 4.53. The molecule has 0 aliphatic heterocycles. The number of halogens is 2. The number of ketones is 2. The van der Waals surface area contributed by atoms with Crippen molar-refractivity contribution in [2.45, 2.75) is 40.8 Å². The Bertz CT molecular complexity index is 998. The minimum absolute atomic E-state index is 0.0916. The van der Waals surface area contributed by atoms with Crippen LogP contribution in [-0.4, -0.2) is 42.0 Å². The number of carbonyl (C=O) groups excluding carboxylic acids is 3. The fourth-order valence-electron chi connectivity index (χ4n) is 2.46. The molecule has 0 aromatic heterocycles. The van der Waals surface area contributed by atoms with E-state index in [1.54, 1.807) is 6.07 Å². The van der Waals surface area contributed by atoms with E-state index in [1.165, 1.54) is 13.8 Å². The lowest BCUT2D eigenvalue weighted by atomic mass is 10.2. The number of nitrogens with zero attached hydrogens (tertiary/aromatic N) is 1. The molecule has 0 amide bonds. The molecule has 0 atom stereocenters. The number of hydrogen-bond acceptors (Lipinski definition) is 8. The molecular formula is C24H30Br2N2O7. The van der Waals surface area contributed by atoms with Crippen LogP contribution in [0.2, 0.25) is 0 Å². The van der Waals surface area contributed by atoms with Crippen LogP contribution in [0.1, 0.15) is 38.8 Å². The molecule has 0 fully saturated rings. The van der Waals surface area contributed by atoms with E-state index in [1.807, 2.05) is 44.2 Å². The van der Waals surface area contributed by atoms with E-state index in [0.717, 1.165) is 32.0 Å². The standard InChI is InChI=1S/C12H14BrNO3.C9H12BrNO2.C3H4O2/c1-3-17-12-10(5-4-6-11(12)13)8-14(16)7-9(2)15;1-2-12-9-7(6-13-11)4-3-5-8(9)10;1-3(5)2-4/h4-7H,3,8H2,1-2H3;3-5H,2,6,11H2,1H3;2H,1H3/b14-7-;;. The zero-order chi connectivity index (χ0) is 26.8. The van der Waals surface area contributed by atoms with Crippen molar-refractivity contribution in [1.29, 1.82) is 0 Å². The molecular weight excluding hydrogens is 588 g/mol. The number of Topliss-reactive ketones (excluding diaryl/α,β-unsaturated/α-hetero) is 2. The Morgan fingerprint density at radius 2 is 1.40 bits per heavy atom.